The van der Waals surface area contributed by atoms with Crippen LogP contribution in [0.3, 0.4) is 0 Å². The molecule has 1 unspecified atom stereocenters. The van der Waals surface area contributed by atoms with Gasteiger partial charge < -0.3 is 4.74 Å². The van der Waals surface area contributed by atoms with Crippen LogP contribution in [0.15, 0.2) is 18.2 Å². The van der Waals surface area contributed by atoms with Gasteiger partial charge in [-0.15, -0.1) is 0 Å². The first-order valence-corrected chi connectivity index (χ1v) is 7.13. The first-order chi connectivity index (χ1) is 9.11. The number of carbonyl (C=O) groups is 1. The van der Waals surface area contributed by atoms with Crippen LogP contribution >= 0.6 is 23.2 Å². The Morgan fingerprint density at radius 1 is 1.37 bits per heavy atom. The summed E-state index contributed by atoms with van der Waals surface area (Å²) in [6.45, 7) is 1.59. The molecule has 0 N–H and O–H groups in total. The van der Waals surface area contributed by atoms with Gasteiger partial charge in [-0.1, -0.05) is 35.7 Å². The zero-order chi connectivity index (χ0) is 13.8. The molecule has 1 fully saturated rings. The summed E-state index contributed by atoms with van der Waals surface area (Å²) >= 11 is 11.9. The van der Waals surface area contributed by atoms with E-state index in [2.05, 4.69) is 4.90 Å². The highest BCUT2D eigenvalue weighted by Gasteiger charge is 2.29. The summed E-state index contributed by atoms with van der Waals surface area (Å²) in [5.41, 5.74) is 1.06. The molecule has 1 atom stereocenters. The molecule has 0 bridgehead atoms. The molecule has 0 spiro atoms. The second-order valence-electron chi connectivity index (χ2n) is 4.75. The average Bonchev–Trinajstić information content (AvgIpc) is 2.43. The number of ether oxygens (including phenoxy) is 1. The Balaban J connectivity index is 2.10. The summed E-state index contributed by atoms with van der Waals surface area (Å²) < 4.78 is 4.87. The largest absolute Gasteiger partial charge is 0.468 e. The standard InChI is InChI=1S/C14H17Cl2NO2/c1-19-14(18)13-4-2-3-7-17(13)9-10-5-6-11(15)12(16)8-10/h5-6,8,13H,2-4,7,9H2,1H3. The van der Waals surface area contributed by atoms with Crippen LogP contribution in [-0.4, -0.2) is 30.6 Å². The molecule has 0 saturated carbocycles. The smallest absolute Gasteiger partial charge is 0.323 e. The van der Waals surface area contributed by atoms with Crippen molar-refractivity contribution in [2.45, 2.75) is 31.8 Å². The van der Waals surface area contributed by atoms with Crippen molar-refractivity contribution in [3.8, 4) is 0 Å². The van der Waals surface area contributed by atoms with Gasteiger partial charge in [-0.25, -0.2) is 0 Å². The number of carbonyl (C=O) groups excluding carboxylic acids is 1. The lowest BCUT2D eigenvalue weighted by Crippen LogP contribution is -2.44. The van der Waals surface area contributed by atoms with Crippen molar-refractivity contribution in [2.75, 3.05) is 13.7 Å². The minimum atomic E-state index is -0.153. The van der Waals surface area contributed by atoms with E-state index in [4.69, 9.17) is 27.9 Å². The number of esters is 1. The Morgan fingerprint density at radius 3 is 2.84 bits per heavy atom. The van der Waals surface area contributed by atoms with Gasteiger partial charge in [0.2, 0.25) is 0 Å². The van der Waals surface area contributed by atoms with E-state index in [0.29, 0.717) is 16.6 Å². The van der Waals surface area contributed by atoms with Crippen molar-refractivity contribution < 1.29 is 9.53 Å². The van der Waals surface area contributed by atoms with E-state index in [-0.39, 0.29) is 12.0 Å². The van der Waals surface area contributed by atoms with Crippen LogP contribution < -0.4 is 0 Å². The predicted octanol–water partition coefficient (Wildman–Crippen LogP) is 3.52. The number of methoxy groups -OCH3 is 1. The molecule has 0 aromatic heterocycles. The lowest BCUT2D eigenvalue weighted by molar-refractivity contribution is -0.148. The third-order valence-corrected chi connectivity index (χ3v) is 4.20. The molecule has 19 heavy (non-hydrogen) atoms. The topological polar surface area (TPSA) is 29.5 Å². The highest BCUT2D eigenvalue weighted by molar-refractivity contribution is 6.42. The fraction of sp³-hybridized carbons (Fsp3) is 0.500. The monoisotopic (exact) mass is 301 g/mol. The van der Waals surface area contributed by atoms with Gasteiger partial charge in [0.1, 0.15) is 6.04 Å². The SMILES string of the molecule is COC(=O)C1CCCCN1Cc1ccc(Cl)c(Cl)c1. The Hall–Kier alpha value is -0.770. The van der Waals surface area contributed by atoms with Gasteiger partial charge >= 0.3 is 5.97 Å². The molecule has 1 aromatic carbocycles. The number of piperidine rings is 1. The quantitative estimate of drug-likeness (QED) is 0.800. The fourth-order valence-electron chi connectivity index (χ4n) is 2.46. The first-order valence-electron chi connectivity index (χ1n) is 6.37. The molecule has 2 rings (SSSR count). The summed E-state index contributed by atoms with van der Waals surface area (Å²) in [6, 6.07) is 5.44. The third kappa shape index (κ3) is 3.62. The van der Waals surface area contributed by atoms with E-state index in [1.54, 1.807) is 6.07 Å². The summed E-state index contributed by atoms with van der Waals surface area (Å²) in [5, 5.41) is 1.10. The van der Waals surface area contributed by atoms with Crippen molar-refractivity contribution in [3.63, 3.8) is 0 Å². The second-order valence-corrected chi connectivity index (χ2v) is 5.57. The van der Waals surface area contributed by atoms with Gasteiger partial charge in [-0.05, 0) is 37.1 Å². The predicted molar refractivity (Wildman–Crippen MR) is 76.5 cm³/mol. The molecule has 0 aliphatic carbocycles. The van der Waals surface area contributed by atoms with Gasteiger partial charge in [-0.2, -0.15) is 0 Å². The molecule has 1 heterocycles. The van der Waals surface area contributed by atoms with Gasteiger partial charge in [0.25, 0.3) is 0 Å². The molecule has 1 aliphatic rings. The summed E-state index contributed by atoms with van der Waals surface area (Å²) in [5.74, 6) is -0.153. The van der Waals surface area contributed by atoms with Crippen LogP contribution in [0.2, 0.25) is 10.0 Å². The second kappa shape index (κ2) is 6.60. The molecular formula is C14H17Cl2NO2. The number of benzene rings is 1. The van der Waals surface area contributed by atoms with Crippen molar-refractivity contribution in [1.29, 1.82) is 0 Å². The number of rotatable bonds is 3. The molecule has 104 valence electrons. The Bertz CT molecular complexity index is 465. The van der Waals surface area contributed by atoms with Crippen molar-refractivity contribution in [1.82, 2.24) is 4.90 Å². The highest BCUT2D eigenvalue weighted by atomic mass is 35.5. The van der Waals surface area contributed by atoms with Crippen LogP contribution in [0.1, 0.15) is 24.8 Å². The van der Waals surface area contributed by atoms with Crippen LogP contribution in [-0.2, 0) is 16.1 Å². The Kier molecular flexibility index (Phi) is 5.08. The molecule has 0 amide bonds. The maximum Gasteiger partial charge on any atom is 0.323 e. The maximum absolute atomic E-state index is 11.8. The van der Waals surface area contributed by atoms with Crippen LogP contribution in [0.4, 0.5) is 0 Å². The molecular weight excluding hydrogens is 285 g/mol. The number of hydrogen-bond donors (Lipinski definition) is 0. The zero-order valence-corrected chi connectivity index (χ0v) is 12.4. The van der Waals surface area contributed by atoms with Gasteiger partial charge in [0, 0.05) is 6.54 Å². The number of hydrogen-bond acceptors (Lipinski definition) is 3. The minimum absolute atomic E-state index is 0.145. The van der Waals surface area contributed by atoms with E-state index in [1.807, 2.05) is 12.1 Å². The molecule has 1 saturated heterocycles. The lowest BCUT2D eigenvalue weighted by Gasteiger charge is -2.33. The number of nitrogens with zero attached hydrogens (tertiary/aromatic N) is 1. The minimum Gasteiger partial charge on any atom is -0.468 e. The Morgan fingerprint density at radius 2 is 2.16 bits per heavy atom. The van der Waals surface area contributed by atoms with Crippen molar-refractivity contribution in [2.24, 2.45) is 0 Å². The number of likely N-dealkylation sites (tertiary alicyclic amines) is 1. The van der Waals surface area contributed by atoms with Gasteiger partial charge in [-0.3, -0.25) is 9.69 Å². The van der Waals surface area contributed by atoms with Crippen molar-refractivity contribution in [3.05, 3.63) is 33.8 Å². The molecule has 0 radical (unpaired) electrons. The van der Waals surface area contributed by atoms with Gasteiger partial charge in [0.15, 0.2) is 0 Å². The van der Waals surface area contributed by atoms with E-state index in [9.17, 15) is 4.79 Å². The molecule has 1 aromatic rings. The zero-order valence-electron chi connectivity index (χ0n) is 10.9. The van der Waals surface area contributed by atoms with E-state index < -0.39 is 0 Å². The molecule has 3 nitrogen and oxygen atoms in total. The van der Waals surface area contributed by atoms with Gasteiger partial charge in [0.05, 0.1) is 17.2 Å². The summed E-state index contributed by atoms with van der Waals surface area (Å²) in [7, 11) is 1.44. The molecule has 5 heteroatoms. The summed E-state index contributed by atoms with van der Waals surface area (Å²) in [6.07, 6.45) is 3.03. The average molecular weight is 302 g/mol. The van der Waals surface area contributed by atoms with Crippen LogP contribution in [0.5, 0.6) is 0 Å². The fourth-order valence-corrected chi connectivity index (χ4v) is 2.78. The first kappa shape index (κ1) is 14.6. The van der Waals surface area contributed by atoms with E-state index in [1.165, 1.54) is 7.11 Å². The maximum atomic E-state index is 11.8. The number of halogens is 2. The lowest BCUT2D eigenvalue weighted by atomic mass is 10.0. The highest BCUT2D eigenvalue weighted by Crippen LogP contribution is 2.25. The third-order valence-electron chi connectivity index (χ3n) is 3.46. The van der Waals surface area contributed by atoms with Crippen LogP contribution in [0, 0.1) is 0 Å². The van der Waals surface area contributed by atoms with Crippen LogP contribution in [0.25, 0.3) is 0 Å². The normalized spacial score (nSPS) is 20.3. The molecule has 1 aliphatic heterocycles. The Labute approximate surface area is 123 Å². The van der Waals surface area contributed by atoms with E-state index in [0.717, 1.165) is 31.4 Å². The van der Waals surface area contributed by atoms with Crippen molar-refractivity contribution >= 4 is 29.2 Å². The summed E-state index contributed by atoms with van der Waals surface area (Å²) in [4.78, 5) is 13.9. The van der Waals surface area contributed by atoms with E-state index >= 15 is 0 Å².